The molecule has 3 rings (SSSR count). The summed E-state index contributed by atoms with van der Waals surface area (Å²) in [6.45, 7) is 6.45. The van der Waals surface area contributed by atoms with Crippen molar-refractivity contribution in [3.63, 3.8) is 0 Å². The standard InChI is InChI=1S/C20H25N3O2/c1-15-6-3-4-8-18(15)19-12-23(16(2)14-25-19)13-20(24)22-11-17-7-5-9-21-10-17/h3-10,16,19H,11-14H2,1-2H3,(H,22,24)/t16-,19-/m0/s1. The largest absolute Gasteiger partial charge is 0.371 e. The Hall–Kier alpha value is -2.24. The first-order chi connectivity index (χ1) is 12.1. The number of aryl methyl sites for hydroxylation is 1. The zero-order chi connectivity index (χ0) is 17.6. The highest BCUT2D eigenvalue weighted by Gasteiger charge is 2.29. The lowest BCUT2D eigenvalue weighted by Gasteiger charge is -2.38. The van der Waals surface area contributed by atoms with Crippen LogP contribution >= 0.6 is 0 Å². The number of hydrogen-bond acceptors (Lipinski definition) is 4. The van der Waals surface area contributed by atoms with E-state index in [-0.39, 0.29) is 18.1 Å². The molecular formula is C20H25N3O2. The minimum atomic E-state index is 0.0172. The van der Waals surface area contributed by atoms with Crippen LogP contribution in [0.15, 0.2) is 48.8 Å². The van der Waals surface area contributed by atoms with Crippen LogP contribution in [-0.4, -0.2) is 41.5 Å². The van der Waals surface area contributed by atoms with Crippen LogP contribution in [0.4, 0.5) is 0 Å². The van der Waals surface area contributed by atoms with Crippen molar-refractivity contribution in [3.05, 3.63) is 65.5 Å². The van der Waals surface area contributed by atoms with Crippen molar-refractivity contribution in [3.8, 4) is 0 Å². The Morgan fingerprint density at radius 2 is 2.16 bits per heavy atom. The molecule has 25 heavy (non-hydrogen) atoms. The fraction of sp³-hybridized carbons (Fsp3) is 0.400. The summed E-state index contributed by atoms with van der Waals surface area (Å²) in [6.07, 6.45) is 3.52. The van der Waals surface area contributed by atoms with Gasteiger partial charge >= 0.3 is 0 Å². The zero-order valence-corrected chi connectivity index (χ0v) is 14.8. The van der Waals surface area contributed by atoms with Crippen LogP contribution in [0.3, 0.4) is 0 Å². The monoisotopic (exact) mass is 339 g/mol. The Labute approximate surface area is 149 Å². The second-order valence-electron chi connectivity index (χ2n) is 6.60. The number of pyridine rings is 1. The number of ether oxygens (including phenoxy) is 1. The van der Waals surface area contributed by atoms with Crippen molar-refractivity contribution in [1.29, 1.82) is 0 Å². The lowest BCUT2D eigenvalue weighted by Crippen LogP contribution is -2.49. The van der Waals surface area contributed by atoms with Crippen molar-refractivity contribution in [1.82, 2.24) is 15.2 Å². The van der Waals surface area contributed by atoms with E-state index in [1.165, 1.54) is 11.1 Å². The van der Waals surface area contributed by atoms with E-state index in [1.54, 1.807) is 12.4 Å². The Morgan fingerprint density at radius 1 is 1.32 bits per heavy atom. The first kappa shape index (κ1) is 17.6. The normalized spacial score (nSPS) is 21.0. The van der Waals surface area contributed by atoms with E-state index in [1.807, 2.05) is 24.3 Å². The molecule has 0 saturated carbocycles. The highest BCUT2D eigenvalue weighted by atomic mass is 16.5. The van der Waals surface area contributed by atoms with Crippen molar-refractivity contribution >= 4 is 5.91 Å². The van der Waals surface area contributed by atoms with Gasteiger partial charge in [0.05, 0.1) is 19.3 Å². The lowest BCUT2D eigenvalue weighted by atomic mass is 10.0. The maximum absolute atomic E-state index is 12.3. The zero-order valence-electron chi connectivity index (χ0n) is 14.8. The van der Waals surface area contributed by atoms with Gasteiger partial charge in [-0.25, -0.2) is 0 Å². The first-order valence-electron chi connectivity index (χ1n) is 8.70. The summed E-state index contributed by atoms with van der Waals surface area (Å²) in [5.74, 6) is 0.0288. The molecule has 5 nitrogen and oxygen atoms in total. The number of nitrogens with one attached hydrogen (secondary N) is 1. The Balaban J connectivity index is 1.57. The fourth-order valence-corrected chi connectivity index (χ4v) is 3.11. The van der Waals surface area contributed by atoms with Crippen LogP contribution in [0.1, 0.15) is 29.7 Å². The van der Waals surface area contributed by atoms with Gasteiger partial charge in [-0.2, -0.15) is 0 Å². The van der Waals surface area contributed by atoms with E-state index in [9.17, 15) is 4.79 Å². The molecular weight excluding hydrogens is 314 g/mol. The number of aromatic nitrogens is 1. The predicted molar refractivity (Wildman–Crippen MR) is 97.0 cm³/mol. The van der Waals surface area contributed by atoms with Crippen molar-refractivity contribution in [2.45, 2.75) is 32.5 Å². The minimum absolute atomic E-state index is 0.0172. The summed E-state index contributed by atoms with van der Waals surface area (Å²) in [4.78, 5) is 18.6. The molecule has 1 aromatic heterocycles. The highest BCUT2D eigenvalue weighted by molar-refractivity contribution is 5.78. The topological polar surface area (TPSA) is 54.5 Å². The summed E-state index contributed by atoms with van der Waals surface area (Å²) in [5, 5.41) is 2.97. The number of carbonyl (C=O) groups is 1. The van der Waals surface area contributed by atoms with E-state index in [0.29, 0.717) is 19.7 Å². The van der Waals surface area contributed by atoms with Gasteiger partial charge in [0.2, 0.25) is 5.91 Å². The van der Waals surface area contributed by atoms with Gasteiger partial charge in [0.1, 0.15) is 0 Å². The number of morpholine rings is 1. The number of rotatable bonds is 5. The number of hydrogen-bond donors (Lipinski definition) is 1. The number of nitrogens with zero attached hydrogens (tertiary/aromatic N) is 2. The SMILES string of the molecule is Cc1ccccc1[C@@H]1CN(CC(=O)NCc2cccnc2)[C@@H](C)CO1. The van der Waals surface area contributed by atoms with Gasteiger partial charge in [-0.1, -0.05) is 30.3 Å². The molecule has 1 aromatic carbocycles. The van der Waals surface area contributed by atoms with E-state index < -0.39 is 0 Å². The maximum atomic E-state index is 12.3. The van der Waals surface area contributed by atoms with Gasteiger partial charge in [-0.05, 0) is 36.6 Å². The number of amides is 1. The van der Waals surface area contributed by atoms with Crippen LogP contribution in [0.5, 0.6) is 0 Å². The highest BCUT2D eigenvalue weighted by Crippen LogP contribution is 2.26. The molecule has 0 bridgehead atoms. The molecule has 1 fully saturated rings. The molecule has 0 unspecified atom stereocenters. The van der Waals surface area contributed by atoms with Gasteiger partial charge in [0, 0.05) is 31.5 Å². The molecule has 1 saturated heterocycles. The van der Waals surface area contributed by atoms with Crippen LogP contribution < -0.4 is 5.32 Å². The van der Waals surface area contributed by atoms with Gasteiger partial charge in [0.15, 0.2) is 0 Å². The van der Waals surface area contributed by atoms with Crippen LogP contribution in [0.25, 0.3) is 0 Å². The number of benzene rings is 1. The van der Waals surface area contributed by atoms with Crippen LogP contribution in [0.2, 0.25) is 0 Å². The van der Waals surface area contributed by atoms with Gasteiger partial charge in [0.25, 0.3) is 0 Å². The third-order valence-corrected chi connectivity index (χ3v) is 4.66. The van der Waals surface area contributed by atoms with E-state index in [0.717, 1.165) is 12.1 Å². The van der Waals surface area contributed by atoms with Gasteiger partial charge in [-0.15, -0.1) is 0 Å². The Bertz CT molecular complexity index is 705. The molecule has 2 aromatic rings. The lowest BCUT2D eigenvalue weighted by molar-refractivity contribution is -0.126. The molecule has 0 aliphatic carbocycles. The maximum Gasteiger partial charge on any atom is 0.234 e. The molecule has 2 atom stereocenters. The Morgan fingerprint density at radius 3 is 2.92 bits per heavy atom. The molecule has 0 radical (unpaired) electrons. The second-order valence-corrected chi connectivity index (χ2v) is 6.60. The molecule has 5 heteroatoms. The molecule has 1 N–H and O–H groups in total. The van der Waals surface area contributed by atoms with Crippen molar-refractivity contribution < 1.29 is 9.53 Å². The van der Waals surface area contributed by atoms with Crippen molar-refractivity contribution in [2.75, 3.05) is 19.7 Å². The van der Waals surface area contributed by atoms with E-state index in [2.05, 4.69) is 41.2 Å². The van der Waals surface area contributed by atoms with Gasteiger partial charge in [-0.3, -0.25) is 14.7 Å². The summed E-state index contributed by atoms with van der Waals surface area (Å²) in [6, 6.07) is 12.3. The average Bonchev–Trinajstić information content (AvgIpc) is 2.63. The smallest absolute Gasteiger partial charge is 0.234 e. The van der Waals surface area contributed by atoms with Crippen molar-refractivity contribution in [2.24, 2.45) is 0 Å². The number of carbonyl (C=O) groups excluding carboxylic acids is 1. The molecule has 2 heterocycles. The first-order valence-corrected chi connectivity index (χ1v) is 8.70. The minimum Gasteiger partial charge on any atom is -0.371 e. The van der Waals surface area contributed by atoms with Crippen LogP contribution in [-0.2, 0) is 16.1 Å². The fourth-order valence-electron chi connectivity index (χ4n) is 3.11. The van der Waals surface area contributed by atoms with Gasteiger partial charge < -0.3 is 10.1 Å². The Kier molecular flexibility index (Phi) is 5.79. The summed E-state index contributed by atoms with van der Waals surface area (Å²) >= 11 is 0. The average molecular weight is 339 g/mol. The molecule has 132 valence electrons. The van der Waals surface area contributed by atoms with E-state index >= 15 is 0 Å². The van der Waals surface area contributed by atoms with E-state index in [4.69, 9.17) is 4.74 Å². The summed E-state index contributed by atoms with van der Waals surface area (Å²) in [5.41, 5.74) is 3.43. The second kappa shape index (κ2) is 8.23. The van der Waals surface area contributed by atoms with Crippen LogP contribution in [0, 0.1) is 6.92 Å². The summed E-state index contributed by atoms with van der Waals surface area (Å²) in [7, 11) is 0. The third kappa shape index (κ3) is 4.65. The molecule has 1 aliphatic rings. The molecule has 1 amide bonds. The molecule has 1 aliphatic heterocycles. The predicted octanol–water partition coefficient (Wildman–Crippen LogP) is 2.47. The quantitative estimate of drug-likeness (QED) is 0.909. The molecule has 0 spiro atoms. The summed E-state index contributed by atoms with van der Waals surface area (Å²) < 4.78 is 6.02. The third-order valence-electron chi connectivity index (χ3n) is 4.66.